The van der Waals surface area contributed by atoms with Gasteiger partial charge in [-0.25, -0.2) is 13.8 Å². The summed E-state index contributed by atoms with van der Waals surface area (Å²) in [5, 5.41) is 2.51. The van der Waals surface area contributed by atoms with Crippen LogP contribution in [-0.4, -0.2) is 21.4 Å². The smallest absolute Gasteiger partial charge is 0.267 e. The molecule has 0 spiro atoms. The van der Waals surface area contributed by atoms with Crippen LogP contribution in [0.5, 0.6) is 11.5 Å². The molecule has 0 saturated carbocycles. The molecule has 5 N–H and O–H groups in total. The van der Waals surface area contributed by atoms with Crippen molar-refractivity contribution in [1.82, 2.24) is 9.55 Å². The minimum atomic E-state index is -0.789. The van der Waals surface area contributed by atoms with Crippen LogP contribution in [0, 0.1) is 11.6 Å². The maximum Gasteiger partial charge on any atom is 0.267 e. The second-order valence-corrected chi connectivity index (χ2v) is 9.18. The fraction of sp³-hybridized carbons (Fsp3) is 0.0323. The summed E-state index contributed by atoms with van der Waals surface area (Å²) >= 11 is 0. The fourth-order valence-electron chi connectivity index (χ4n) is 4.28. The van der Waals surface area contributed by atoms with Crippen LogP contribution in [0.15, 0.2) is 102 Å². The number of halogens is 2. The molecule has 42 heavy (non-hydrogen) atoms. The van der Waals surface area contributed by atoms with Crippen molar-refractivity contribution < 1.29 is 23.1 Å². The topological polar surface area (TPSA) is 142 Å². The first kappa shape index (κ1) is 27.7. The van der Waals surface area contributed by atoms with Crippen LogP contribution < -0.4 is 27.1 Å². The van der Waals surface area contributed by atoms with Gasteiger partial charge in [-0.2, -0.15) is 0 Å². The number of benzene rings is 3. The Bertz CT molecular complexity index is 1860. The van der Waals surface area contributed by atoms with E-state index in [2.05, 4.69) is 10.3 Å². The number of carbonyl (C=O) groups excluding carboxylic acids is 2. The van der Waals surface area contributed by atoms with Crippen LogP contribution in [0.2, 0.25) is 0 Å². The number of anilines is 2. The third-order valence-electron chi connectivity index (χ3n) is 6.27. The predicted molar refractivity (Wildman–Crippen MR) is 153 cm³/mol. The molecule has 2 aromatic heterocycles. The summed E-state index contributed by atoms with van der Waals surface area (Å²) in [7, 11) is 0. The average molecular weight is 568 g/mol. The van der Waals surface area contributed by atoms with Crippen LogP contribution in [0.3, 0.4) is 0 Å². The van der Waals surface area contributed by atoms with Crippen molar-refractivity contribution in [3.63, 3.8) is 0 Å². The Hall–Kier alpha value is -5.84. The van der Waals surface area contributed by atoms with Gasteiger partial charge < -0.3 is 21.5 Å². The molecular formula is C31H23F2N5O4. The molecule has 210 valence electrons. The van der Waals surface area contributed by atoms with Gasteiger partial charge in [0.05, 0.1) is 12.0 Å². The van der Waals surface area contributed by atoms with Gasteiger partial charge in [-0.1, -0.05) is 24.3 Å². The van der Waals surface area contributed by atoms with E-state index in [9.17, 15) is 18.8 Å². The molecule has 5 aromatic rings. The summed E-state index contributed by atoms with van der Waals surface area (Å²) in [6.07, 6.45) is 2.95. The molecule has 0 bridgehead atoms. The Kier molecular flexibility index (Phi) is 7.74. The number of nitrogens with two attached hydrogens (primary N) is 2. The number of rotatable bonds is 8. The lowest BCUT2D eigenvalue weighted by molar-refractivity contribution is -0.117. The van der Waals surface area contributed by atoms with E-state index >= 15 is 4.39 Å². The highest BCUT2D eigenvalue weighted by molar-refractivity contribution is 6.04. The van der Waals surface area contributed by atoms with Gasteiger partial charge in [-0.15, -0.1) is 0 Å². The SMILES string of the molecule is NC(=O)Cc1ccc(-c2c(Oc3ccc(NC(=O)c4cccn(-c5ccc(F)cc5)c4=O)cc3F)ccnc2N)cc1. The molecule has 2 heterocycles. The lowest BCUT2D eigenvalue weighted by Gasteiger charge is -2.14. The highest BCUT2D eigenvalue weighted by Crippen LogP contribution is 2.37. The Labute approximate surface area is 238 Å². The van der Waals surface area contributed by atoms with E-state index < -0.39 is 29.0 Å². The van der Waals surface area contributed by atoms with Crippen molar-refractivity contribution in [3.8, 4) is 28.3 Å². The highest BCUT2D eigenvalue weighted by atomic mass is 19.1. The zero-order chi connectivity index (χ0) is 29.8. The van der Waals surface area contributed by atoms with E-state index in [0.717, 1.165) is 6.07 Å². The van der Waals surface area contributed by atoms with Crippen LogP contribution in [0.4, 0.5) is 20.3 Å². The number of ether oxygens (including phenoxy) is 1. The van der Waals surface area contributed by atoms with E-state index in [1.807, 2.05) is 0 Å². The molecule has 0 aliphatic heterocycles. The van der Waals surface area contributed by atoms with Gasteiger partial charge in [0.15, 0.2) is 11.6 Å². The van der Waals surface area contributed by atoms with Gasteiger partial charge in [0, 0.05) is 29.8 Å². The molecular weight excluding hydrogens is 544 g/mol. The third kappa shape index (κ3) is 5.99. The molecule has 0 radical (unpaired) electrons. The summed E-state index contributed by atoms with van der Waals surface area (Å²) in [4.78, 5) is 41.1. The monoisotopic (exact) mass is 567 g/mol. The lowest BCUT2D eigenvalue weighted by atomic mass is 10.0. The minimum Gasteiger partial charge on any atom is -0.453 e. The number of hydrogen-bond acceptors (Lipinski definition) is 6. The normalized spacial score (nSPS) is 10.7. The van der Waals surface area contributed by atoms with Crippen LogP contribution in [0.25, 0.3) is 16.8 Å². The average Bonchev–Trinajstić information content (AvgIpc) is 2.95. The number of carbonyl (C=O) groups is 2. The number of pyridine rings is 2. The Morgan fingerprint density at radius 3 is 2.36 bits per heavy atom. The first-order valence-corrected chi connectivity index (χ1v) is 12.6. The molecule has 2 amide bonds. The molecule has 11 heteroatoms. The van der Waals surface area contributed by atoms with Crippen molar-refractivity contribution in [1.29, 1.82) is 0 Å². The number of hydrogen-bond donors (Lipinski definition) is 3. The quantitative estimate of drug-likeness (QED) is 0.245. The van der Waals surface area contributed by atoms with Crippen LogP contribution >= 0.6 is 0 Å². The number of amides is 2. The minimum absolute atomic E-state index is 0.0783. The summed E-state index contributed by atoms with van der Waals surface area (Å²) in [6, 6.07) is 20.3. The molecule has 9 nitrogen and oxygen atoms in total. The number of nitrogens with zero attached hydrogens (tertiary/aromatic N) is 2. The standard InChI is InChI=1S/C31H23F2N5O4/c32-20-7-10-22(11-8-20)38-15-1-2-23(31(38)41)30(40)37-21-9-12-25(24(33)17-21)42-26-13-14-36-29(35)28(26)19-5-3-18(4-6-19)16-27(34)39/h1-15,17H,16H2,(H2,34,39)(H2,35,36)(H,37,40). The maximum atomic E-state index is 15.1. The van der Waals surface area contributed by atoms with Gasteiger partial charge in [-0.05, 0) is 65.7 Å². The fourth-order valence-corrected chi connectivity index (χ4v) is 4.28. The Morgan fingerprint density at radius 1 is 0.929 bits per heavy atom. The molecule has 3 aromatic carbocycles. The molecule has 0 atom stereocenters. The number of nitrogen functional groups attached to an aromatic ring is 1. The van der Waals surface area contributed by atoms with Crippen molar-refractivity contribution in [2.75, 3.05) is 11.1 Å². The first-order chi connectivity index (χ1) is 20.2. The Balaban J connectivity index is 1.36. The molecule has 0 unspecified atom stereocenters. The predicted octanol–water partition coefficient (Wildman–Crippen LogP) is 4.83. The van der Waals surface area contributed by atoms with Crippen molar-refractivity contribution in [2.45, 2.75) is 6.42 Å². The Morgan fingerprint density at radius 2 is 1.67 bits per heavy atom. The molecule has 0 aliphatic carbocycles. The molecule has 0 saturated heterocycles. The number of nitrogens with one attached hydrogen (secondary N) is 1. The van der Waals surface area contributed by atoms with Gasteiger partial charge in [-0.3, -0.25) is 19.0 Å². The largest absolute Gasteiger partial charge is 0.453 e. The van der Waals surface area contributed by atoms with Gasteiger partial charge >= 0.3 is 0 Å². The second-order valence-electron chi connectivity index (χ2n) is 9.18. The van der Waals surface area contributed by atoms with E-state index in [-0.39, 0.29) is 35.0 Å². The second kappa shape index (κ2) is 11.7. The van der Waals surface area contributed by atoms with Gasteiger partial charge in [0.1, 0.15) is 22.9 Å². The van der Waals surface area contributed by atoms with Crippen LogP contribution in [0.1, 0.15) is 15.9 Å². The highest BCUT2D eigenvalue weighted by Gasteiger charge is 2.17. The lowest BCUT2D eigenvalue weighted by Crippen LogP contribution is -2.27. The van der Waals surface area contributed by atoms with Crippen molar-refractivity contribution >= 4 is 23.3 Å². The number of aromatic nitrogens is 2. The first-order valence-electron chi connectivity index (χ1n) is 12.6. The van der Waals surface area contributed by atoms with Gasteiger partial charge in [0.2, 0.25) is 5.91 Å². The summed E-state index contributed by atoms with van der Waals surface area (Å²) in [6.45, 7) is 0. The maximum absolute atomic E-state index is 15.1. The van der Waals surface area contributed by atoms with E-state index in [0.29, 0.717) is 22.4 Å². The third-order valence-corrected chi connectivity index (χ3v) is 6.27. The zero-order valence-electron chi connectivity index (χ0n) is 21.9. The zero-order valence-corrected chi connectivity index (χ0v) is 21.9. The van der Waals surface area contributed by atoms with Crippen LogP contribution in [-0.2, 0) is 11.2 Å². The molecule has 0 aliphatic rings. The number of primary amides is 1. The summed E-state index contributed by atoms with van der Waals surface area (Å²) in [5.41, 5.74) is 12.8. The molecule has 5 rings (SSSR count). The van der Waals surface area contributed by atoms with E-state index in [1.165, 1.54) is 71.6 Å². The van der Waals surface area contributed by atoms with E-state index in [1.54, 1.807) is 24.3 Å². The summed E-state index contributed by atoms with van der Waals surface area (Å²) in [5.74, 6) is -2.25. The summed E-state index contributed by atoms with van der Waals surface area (Å²) < 4.78 is 35.5. The van der Waals surface area contributed by atoms with Crippen molar-refractivity contribution in [3.05, 3.63) is 130 Å². The van der Waals surface area contributed by atoms with Crippen molar-refractivity contribution in [2.24, 2.45) is 5.73 Å². The van der Waals surface area contributed by atoms with E-state index in [4.69, 9.17) is 16.2 Å². The molecule has 0 fully saturated rings. The van der Waals surface area contributed by atoms with Gasteiger partial charge in [0.25, 0.3) is 11.5 Å².